The SMILES string of the molecule is c1ccc(-c2c3ccccc3c(-c3ccccc3)c3cc(-c4ccc(-c5cn6cccnc6n5)cc4)ccc23)cc1. The molecule has 0 radical (unpaired) electrons. The lowest BCUT2D eigenvalue weighted by Gasteiger charge is -2.18. The summed E-state index contributed by atoms with van der Waals surface area (Å²) in [6.07, 6.45) is 5.76. The summed E-state index contributed by atoms with van der Waals surface area (Å²) in [6, 6.07) is 47.8. The maximum Gasteiger partial charge on any atom is 0.234 e. The fourth-order valence-corrected chi connectivity index (χ4v) is 5.99. The van der Waals surface area contributed by atoms with Gasteiger partial charge in [0.1, 0.15) is 0 Å². The Balaban J connectivity index is 1.34. The molecule has 0 N–H and O–H groups in total. The molecule has 0 saturated heterocycles. The van der Waals surface area contributed by atoms with Crippen LogP contribution in [0.5, 0.6) is 0 Å². The predicted octanol–water partition coefficient (Wildman–Crippen LogP) is 9.70. The molecule has 6 aromatic carbocycles. The third kappa shape index (κ3) is 3.98. The second-order valence-corrected chi connectivity index (χ2v) is 10.3. The Morgan fingerprint density at radius 2 is 1.00 bits per heavy atom. The Morgan fingerprint density at radius 3 is 1.66 bits per heavy atom. The Morgan fingerprint density at radius 1 is 0.439 bits per heavy atom. The number of fused-ring (bicyclic) bond motifs is 3. The summed E-state index contributed by atoms with van der Waals surface area (Å²) in [5.41, 5.74) is 9.35. The Labute approximate surface area is 238 Å². The van der Waals surface area contributed by atoms with Crippen LogP contribution < -0.4 is 0 Å². The molecule has 0 amide bonds. The van der Waals surface area contributed by atoms with Gasteiger partial charge in [0.25, 0.3) is 0 Å². The lowest BCUT2D eigenvalue weighted by molar-refractivity contribution is 1.11. The highest BCUT2D eigenvalue weighted by Gasteiger charge is 2.17. The van der Waals surface area contributed by atoms with Crippen LogP contribution in [-0.4, -0.2) is 14.4 Å². The minimum absolute atomic E-state index is 0.705. The van der Waals surface area contributed by atoms with Crippen LogP contribution in [0, 0.1) is 0 Å². The van der Waals surface area contributed by atoms with Gasteiger partial charge in [0, 0.05) is 24.2 Å². The second-order valence-electron chi connectivity index (χ2n) is 10.3. The molecule has 41 heavy (non-hydrogen) atoms. The second kappa shape index (κ2) is 9.58. The van der Waals surface area contributed by atoms with Crippen molar-refractivity contribution in [2.75, 3.05) is 0 Å². The van der Waals surface area contributed by atoms with E-state index in [1.165, 1.54) is 54.9 Å². The van der Waals surface area contributed by atoms with Crippen molar-refractivity contribution in [1.82, 2.24) is 14.4 Å². The van der Waals surface area contributed by atoms with Crippen molar-refractivity contribution in [2.45, 2.75) is 0 Å². The topological polar surface area (TPSA) is 30.2 Å². The molecule has 2 aromatic heterocycles. The van der Waals surface area contributed by atoms with Crippen molar-refractivity contribution in [3.05, 3.63) is 152 Å². The quantitative estimate of drug-likeness (QED) is 0.215. The number of benzene rings is 6. The molecule has 3 nitrogen and oxygen atoms in total. The van der Waals surface area contributed by atoms with E-state index in [4.69, 9.17) is 4.98 Å². The van der Waals surface area contributed by atoms with Crippen LogP contribution >= 0.6 is 0 Å². The first-order chi connectivity index (χ1) is 20.3. The Bertz CT molecular complexity index is 2150. The van der Waals surface area contributed by atoms with E-state index >= 15 is 0 Å². The molecule has 0 saturated carbocycles. The molecule has 192 valence electrons. The van der Waals surface area contributed by atoms with Crippen molar-refractivity contribution in [3.63, 3.8) is 0 Å². The monoisotopic (exact) mass is 523 g/mol. The number of imidazole rings is 1. The minimum atomic E-state index is 0.705. The first-order valence-electron chi connectivity index (χ1n) is 13.8. The van der Waals surface area contributed by atoms with E-state index in [0.717, 1.165) is 11.3 Å². The standard InChI is InChI=1S/C38H25N3/c1-3-10-28(11-4-1)36-31-14-7-8-15-32(31)37(29-12-5-2-6-13-29)34-24-30(20-21-33(34)36)26-16-18-27(19-17-26)35-25-41-23-9-22-39-38(41)40-35/h1-25H. The lowest BCUT2D eigenvalue weighted by Crippen LogP contribution is -1.91. The van der Waals surface area contributed by atoms with E-state index in [9.17, 15) is 0 Å². The van der Waals surface area contributed by atoms with Gasteiger partial charge in [-0.05, 0) is 67.1 Å². The smallest absolute Gasteiger partial charge is 0.234 e. The third-order valence-corrected chi connectivity index (χ3v) is 7.90. The number of hydrogen-bond acceptors (Lipinski definition) is 2. The summed E-state index contributed by atoms with van der Waals surface area (Å²) < 4.78 is 1.95. The normalized spacial score (nSPS) is 11.4. The fourth-order valence-electron chi connectivity index (χ4n) is 5.99. The molecule has 0 aliphatic rings. The van der Waals surface area contributed by atoms with Gasteiger partial charge in [-0.2, -0.15) is 0 Å². The molecule has 0 bridgehead atoms. The Hall–Kier alpha value is -5.54. The number of rotatable bonds is 4. The summed E-state index contributed by atoms with van der Waals surface area (Å²) >= 11 is 0. The molecular formula is C38H25N3. The average molecular weight is 524 g/mol. The summed E-state index contributed by atoms with van der Waals surface area (Å²) in [5, 5.41) is 5.04. The highest BCUT2D eigenvalue weighted by Crippen LogP contribution is 2.44. The molecule has 3 heteroatoms. The maximum atomic E-state index is 4.69. The zero-order chi connectivity index (χ0) is 27.2. The van der Waals surface area contributed by atoms with Gasteiger partial charge in [-0.3, -0.25) is 4.40 Å². The van der Waals surface area contributed by atoms with Crippen molar-refractivity contribution in [3.8, 4) is 44.6 Å². The third-order valence-electron chi connectivity index (χ3n) is 7.90. The molecule has 8 aromatic rings. The molecule has 8 rings (SSSR count). The molecule has 2 heterocycles. The van der Waals surface area contributed by atoms with Gasteiger partial charge < -0.3 is 0 Å². The van der Waals surface area contributed by atoms with Crippen LogP contribution in [0.3, 0.4) is 0 Å². The van der Waals surface area contributed by atoms with Crippen molar-refractivity contribution >= 4 is 27.3 Å². The van der Waals surface area contributed by atoms with Gasteiger partial charge >= 0.3 is 0 Å². The zero-order valence-electron chi connectivity index (χ0n) is 22.3. The van der Waals surface area contributed by atoms with Crippen LogP contribution in [-0.2, 0) is 0 Å². The minimum Gasteiger partial charge on any atom is -0.291 e. The number of aromatic nitrogens is 3. The summed E-state index contributed by atoms with van der Waals surface area (Å²) in [7, 11) is 0. The number of nitrogens with zero attached hydrogens (tertiary/aromatic N) is 3. The van der Waals surface area contributed by atoms with Crippen LogP contribution in [0.2, 0.25) is 0 Å². The predicted molar refractivity (Wildman–Crippen MR) is 170 cm³/mol. The van der Waals surface area contributed by atoms with Gasteiger partial charge in [-0.15, -0.1) is 0 Å². The molecule has 0 unspecified atom stereocenters. The molecule has 0 spiro atoms. The summed E-state index contributed by atoms with van der Waals surface area (Å²) in [5.74, 6) is 0.705. The van der Waals surface area contributed by atoms with Crippen LogP contribution in [0.25, 0.3) is 72.0 Å². The van der Waals surface area contributed by atoms with Crippen LogP contribution in [0.1, 0.15) is 0 Å². The first-order valence-corrected chi connectivity index (χ1v) is 13.8. The van der Waals surface area contributed by atoms with Crippen molar-refractivity contribution in [1.29, 1.82) is 0 Å². The highest BCUT2D eigenvalue weighted by molar-refractivity contribution is 6.21. The first kappa shape index (κ1) is 23.4. The van der Waals surface area contributed by atoms with Crippen LogP contribution in [0.15, 0.2) is 152 Å². The maximum absolute atomic E-state index is 4.69. The van der Waals surface area contributed by atoms with E-state index in [0.29, 0.717) is 5.78 Å². The highest BCUT2D eigenvalue weighted by atomic mass is 15.1. The average Bonchev–Trinajstić information content (AvgIpc) is 3.49. The van der Waals surface area contributed by atoms with E-state index in [1.807, 2.05) is 22.9 Å². The largest absolute Gasteiger partial charge is 0.291 e. The van der Waals surface area contributed by atoms with Crippen molar-refractivity contribution in [2.24, 2.45) is 0 Å². The zero-order valence-corrected chi connectivity index (χ0v) is 22.3. The van der Waals surface area contributed by atoms with Gasteiger partial charge in [0.2, 0.25) is 5.78 Å². The van der Waals surface area contributed by atoms with Gasteiger partial charge in [0.15, 0.2) is 0 Å². The number of hydrogen-bond donors (Lipinski definition) is 0. The summed E-state index contributed by atoms with van der Waals surface area (Å²) in [6.45, 7) is 0. The lowest BCUT2D eigenvalue weighted by atomic mass is 9.85. The molecule has 0 fully saturated rings. The van der Waals surface area contributed by atoms with E-state index in [1.54, 1.807) is 6.20 Å². The van der Waals surface area contributed by atoms with Gasteiger partial charge in [-0.1, -0.05) is 121 Å². The van der Waals surface area contributed by atoms with Crippen molar-refractivity contribution < 1.29 is 0 Å². The van der Waals surface area contributed by atoms with E-state index in [-0.39, 0.29) is 0 Å². The fraction of sp³-hybridized carbons (Fsp3) is 0. The molecule has 0 atom stereocenters. The molecule has 0 aliphatic heterocycles. The van der Waals surface area contributed by atoms with Gasteiger partial charge in [-0.25, -0.2) is 9.97 Å². The molecular weight excluding hydrogens is 498 g/mol. The van der Waals surface area contributed by atoms with E-state index < -0.39 is 0 Å². The van der Waals surface area contributed by atoms with Crippen LogP contribution in [0.4, 0.5) is 0 Å². The van der Waals surface area contributed by atoms with Gasteiger partial charge in [0.05, 0.1) is 5.69 Å². The Kier molecular flexibility index (Phi) is 5.46. The summed E-state index contributed by atoms with van der Waals surface area (Å²) in [4.78, 5) is 9.05. The van der Waals surface area contributed by atoms with E-state index in [2.05, 4.69) is 132 Å². The molecule has 0 aliphatic carbocycles.